The molecule has 1 amide bonds. The fourth-order valence-corrected chi connectivity index (χ4v) is 4.01. The minimum atomic E-state index is -0.757. The van der Waals surface area contributed by atoms with Crippen molar-refractivity contribution in [3.8, 4) is 11.5 Å². The molecule has 8 heteroatoms. The predicted molar refractivity (Wildman–Crippen MR) is 126 cm³/mol. The number of rotatable bonds is 9. The number of carbonyl (C=O) groups is 2. The maximum Gasteiger partial charge on any atom is 0.295 e. The molecule has 0 saturated carbocycles. The van der Waals surface area contributed by atoms with E-state index in [1.807, 2.05) is 43.3 Å². The first kappa shape index (κ1) is 24.1. The molecule has 1 fully saturated rings. The lowest BCUT2D eigenvalue weighted by molar-refractivity contribution is -0.140. The molecular weight excluding hydrogens is 424 g/mol. The molecule has 1 heterocycles. The molecule has 1 N–H and O–H groups in total. The van der Waals surface area contributed by atoms with Gasteiger partial charge in [-0.05, 0) is 36.2 Å². The van der Waals surface area contributed by atoms with E-state index >= 15 is 0 Å². The number of nitrogens with zero attached hydrogens (tertiary/aromatic N) is 2. The quantitative estimate of drug-likeness (QED) is 0.269. The Bertz CT molecular complexity index is 1020. The SMILES string of the molecule is COCCCN1C(=O)C(=O)/C(=C(/O)c2c(OC)cccc2OC)C1c1ccc(N(C)C)cc1. The summed E-state index contributed by atoms with van der Waals surface area (Å²) in [6, 6.07) is 11.8. The van der Waals surface area contributed by atoms with Gasteiger partial charge in [-0.1, -0.05) is 18.2 Å². The van der Waals surface area contributed by atoms with Gasteiger partial charge < -0.3 is 29.1 Å². The molecule has 8 nitrogen and oxygen atoms in total. The number of aliphatic hydroxyl groups is 1. The Balaban J connectivity index is 2.21. The molecule has 1 aliphatic heterocycles. The largest absolute Gasteiger partial charge is 0.506 e. The zero-order valence-corrected chi connectivity index (χ0v) is 19.6. The normalized spacial score (nSPS) is 17.4. The minimum absolute atomic E-state index is 0.00202. The van der Waals surface area contributed by atoms with Gasteiger partial charge in [-0.2, -0.15) is 0 Å². The van der Waals surface area contributed by atoms with Gasteiger partial charge in [-0.3, -0.25) is 9.59 Å². The number of hydrogen-bond donors (Lipinski definition) is 1. The van der Waals surface area contributed by atoms with Crippen LogP contribution >= 0.6 is 0 Å². The lowest BCUT2D eigenvalue weighted by Gasteiger charge is -2.26. The Kier molecular flexibility index (Phi) is 7.60. The first-order valence-electron chi connectivity index (χ1n) is 10.6. The second-order valence-corrected chi connectivity index (χ2v) is 7.86. The van der Waals surface area contributed by atoms with Crippen LogP contribution in [0.3, 0.4) is 0 Å². The van der Waals surface area contributed by atoms with Crippen LogP contribution in [0.15, 0.2) is 48.0 Å². The Morgan fingerprint density at radius 1 is 1.00 bits per heavy atom. The number of methoxy groups -OCH3 is 3. The van der Waals surface area contributed by atoms with Gasteiger partial charge in [-0.15, -0.1) is 0 Å². The summed E-state index contributed by atoms with van der Waals surface area (Å²) in [5.41, 5.74) is 1.92. The standard InChI is InChI=1S/C25H30N2O6/c1-26(2)17-12-10-16(11-13-17)22-21(24(29)25(30)27(22)14-7-15-31-3)23(28)20-18(32-4)8-6-9-19(20)33-5/h6,8-13,22,28H,7,14-15H2,1-5H3/b23-21+. The van der Waals surface area contributed by atoms with Crippen molar-refractivity contribution < 1.29 is 28.9 Å². The van der Waals surface area contributed by atoms with Crippen LogP contribution in [0.25, 0.3) is 5.76 Å². The number of ether oxygens (including phenoxy) is 3. The Labute approximate surface area is 194 Å². The highest BCUT2D eigenvalue weighted by Gasteiger charge is 2.46. The highest BCUT2D eigenvalue weighted by molar-refractivity contribution is 6.46. The van der Waals surface area contributed by atoms with Crippen LogP contribution < -0.4 is 14.4 Å². The van der Waals surface area contributed by atoms with E-state index < -0.39 is 17.7 Å². The topological polar surface area (TPSA) is 88.5 Å². The van der Waals surface area contributed by atoms with E-state index in [4.69, 9.17) is 14.2 Å². The molecule has 0 aromatic heterocycles. The molecule has 1 saturated heterocycles. The van der Waals surface area contributed by atoms with Crippen LogP contribution in [0, 0.1) is 0 Å². The molecule has 1 atom stereocenters. The van der Waals surface area contributed by atoms with Crippen LogP contribution in [0.1, 0.15) is 23.6 Å². The predicted octanol–water partition coefficient (Wildman–Crippen LogP) is 3.23. The first-order valence-corrected chi connectivity index (χ1v) is 10.6. The van der Waals surface area contributed by atoms with Gasteiger partial charge in [0, 0.05) is 40.0 Å². The fraction of sp³-hybridized carbons (Fsp3) is 0.360. The van der Waals surface area contributed by atoms with Crippen molar-refractivity contribution in [3.63, 3.8) is 0 Å². The van der Waals surface area contributed by atoms with Gasteiger partial charge in [0.2, 0.25) is 0 Å². The Morgan fingerprint density at radius 3 is 2.12 bits per heavy atom. The summed E-state index contributed by atoms with van der Waals surface area (Å²) in [6.07, 6.45) is 0.549. The first-order chi connectivity index (χ1) is 15.8. The van der Waals surface area contributed by atoms with E-state index in [9.17, 15) is 14.7 Å². The Hall–Kier alpha value is -3.52. The average Bonchev–Trinajstić information content (AvgIpc) is 3.08. The van der Waals surface area contributed by atoms with Gasteiger partial charge in [0.05, 0.1) is 25.8 Å². The molecule has 0 radical (unpaired) electrons. The van der Waals surface area contributed by atoms with Crippen LogP contribution in [-0.4, -0.2) is 70.3 Å². The zero-order chi connectivity index (χ0) is 24.1. The maximum absolute atomic E-state index is 13.2. The van der Waals surface area contributed by atoms with Gasteiger partial charge in [0.25, 0.3) is 11.7 Å². The summed E-state index contributed by atoms with van der Waals surface area (Å²) in [7, 11) is 8.37. The second-order valence-electron chi connectivity index (χ2n) is 7.86. The van der Waals surface area contributed by atoms with Crippen molar-refractivity contribution in [1.29, 1.82) is 0 Å². The van der Waals surface area contributed by atoms with Crippen LogP contribution in [-0.2, 0) is 14.3 Å². The molecule has 1 unspecified atom stereocenters. The molecule has 1 aliphatic rings. The summed E-state index contributed by atoms with van der Waals surface area (Å²) in [5.74, 6) is -1.08. The molecule has 3 rings (SSSR count). The van der Waals surface area contributed by atoms with E-state index in [1.165, 1.54) is 19.1 Å². The number of amides is 1. The highest BCUT2D eigenvalue weighted by Crippen LogP contribution is 2.43. The monoisotopic (exact) mass is 454 g/mol. The third kappa shape index (κ3) is 4.66. The molecule has 0 spiro atoms. The summed E-state index contributed by atoms with van der Waals surface area (Å²) >= 11 is 0. The number of Topliss-reactive ketones (excluding diaryl/α,β-unsaturated/α-hetero) is 1. The van der Waals surface area contributed by atoms with Crippen LogP contribution in [0.2, 0.25) is 0 Å². The minimum Gasteiger partial charge on any atom is -0.506 e. The molecule has 176 valence electrons. The van der Waals surface area contributed by atoms with Crippen LogP contribution in [0.4, 0.5) is 5.69 Å². The van der Waals surface area contributed by atoms with E-state index in [2.05, 4.69) is 0 Å². The van der Waals surface area contributed by atoms with Gasteiger partial charge in [-0.25, -0.2) is 0 Å². The third-order valence-corrected chi connectivity index (χ3v) is 5.68. The van der Waals surface area contributed by atoms with E-state index in [1.54, 1.807) is 25.3 Å². The van der Waals surface area contributed by atoms with E-state index in [-0.39, 0.29) is 16.9 Å². The number of likely N-dealkylation sites (tertiary alicyclic amines) is 1. The fourth-order valence-electron chi connectivity index (χ4n) is 4.01. The molecule has 0 aliphatic carbocycles. The van der Waals surface area contributed by atoms with Crippen molar-refractivity contribution in [3.05, 3.63) is 59.2 Å². The lowest BCUT2D eigenvalue weighted by Crippen LogP contribution is -2.31. The van der Waals surface area contributed by atoms with Gasteiger partial charge in [0.1, 0.15) is 22.8 Å². The van der Waals surface area contributed by atoms with Crippen molar-refractivity contribution in [2.75, 3.05) is 53.5 Å². The number of carbonyl (C=O) groups excluding carboxylic acids is 2. The van der Waals surface area contributed by atoms with Crippen molar-refractivity contribution in [2.24, 2.45) is 0 Å². The van der Waals surface area contributed by atoms with Gasteiger partial charge in [0.15, 0.2) is 0 Å². The lowest BCUT2D eigenvalue weighted by atomic mass is 9.94. The Morgan fingerprint density at radius 2 is 1.61 bits per heavy atom. The van der Waals surface area contributed by atoms with Crippen LogP contribution in [0.5, 0.6) is 11.5 Å². The van der Waals surface area contributed by atoms with Crippen molar-refractivity contribution >= 4 is 23.1 Å². The third-order valence-electron chi connectivity index (χ3n) is 5.68. The summed E-state index contributed by atoms with van der Waals surface area (Å²) in [4.78, 5) is 29.7. The molecule has 2 aromatic rings. The number of benzene rings is 2. The molecule has 33 heavy (non-hydrogen) atoms. The van der Waals surface area contributed by atoms with E-state index in [0.29, 0.717) is 36.6 Å². The van der Waals surface area contributed by atoms with E-state index in [0.717, 1.165) is 5.69 Å². The highest BCUT2D eigenvalue weighted by atomic mass is 16.5. The second kappa shape index (κ2) is 10.4. The maximum atomic E-state index is 13.2. The summed E-state index contributed by atoms with van der Waals surface area (Å²) < 4.78 is 16.0. The molecular formula is C25H30N2O6. The summed E-state index contributed by atoms with van der Waals surface area (Å²) in [6.45, 7) is 0.744. The van der Waals surface area contributed by atoms with Gasteiger partial charge >= 0.3 is 0 Å². The van der Waals surface area contributed by atoms with Crippen molar-refractivity contribution in [2.45, 2.75) is 12.5 Å². The molecule has 2 aromatic carbocycles. The zero-order valence-electron chi connectivity index (χ0n) is 19.6. The number of ketones is 1. The number of hydrogen-bond acceptors (Lipinski definition) is 7. The average molecular weight is 455 g/mol. The smallest absolute Gasteiger partial charge is 0.295 e. The van der Waals surface area contributed by atoms with Crippen molar-refractivity contribution in [1.82, 2.24) is 4.90 Å². The number of anilines is 1. The summed E-state index contributed by atoms with van der Waals surface area (Å²) in [5, 5.41) is 11.4. The number of aliphatic hydroxyl groups excluding tert-OH is 1. The molecule has 0 bridgehead atoms.